The Labute approximate surface area is 119 Å². The quantitative estimate of drug-likeness (QED) is 0.683. The van der Waals surface area contributed by atoms with E-state index in [1.165, 1.54) is 0 Å². The summed E-state index contributed by atoms with van der Waals surface area (Å²) in [5.74, 6) is 0. The van der Waals surface area contributed by atoms with Crippen molar-refractivity contribution >= 4 is 21.6 Å². The maximum absolute atomic E-state index is 8.95. The Morgan fingerprint density at radius 3 is 2.89 bits per heavy atom. The highest BCUT2D eigenvalue weighted by Gasteiger charge is 2.07. The second-order valence-corrected chi connectivity index (χ2v) is 5.17. The van der Waals surface area contributed by atoms with Crippen LogP contribution in [0.25, 0.3) is 16.9 Å². The number of halogens is 1. The van der Waals surface area contributed by atoms with Crippen LogP contribution >= 0.6 is 15.9 Å². The summed E-state index contributed by atoms with van der Waals surface area (Å²) in [5, 5.41) is 8.95. The van der Waals surface area contributed by atoms with E-state index in [2.05, 4.69) is 27.0 Å². The molecule has 0 amide bonds. The molecule has 0 aliphatic heterocycles. The lowest BCUT2D eigenvalue weighted by Gasteiger charge is -2.00. The summed E-state index contributed by atoms with van der Waals surface area (Å²) < 4.78 is 3.09. The van der Waals surface area contributed by atoms with E-state index in [4.69, 9.17) is 5.26 Å². The topological polar surface area (TPSA) is 41.1 Å². The number of hydrogen-bond acceptors (Lipinski definition) is 2. The molecular weight excluding hydrogens is 302 g/mol. The lowest BCUT2D eigenvalue weighted by Crippen LogP contribution is -1.89. The number of pyridine rings is 1. The number of aryl methyl sites for hydroxylation is 1. The van der Waals surface area contributed by atoms with Crippen molar-refractivity contribution in [3.05, 3.63) is 58.3 Å². The van der Waals surface area contributed by atoms with E-state index < -0.39 is 0 Å². The van der Waals surface area contributed by atoms with Crippen LogP contribution in [0.3, 0.4) is 0 Å². The van der Waals surface area contributed by atoms with Gasteiger partial charge in [-0.1, -0.05) is 12.1 Å². The van der Waals surface area contributed by atoms with Crippen molar-refractivity contribution in [1.29, 1.82) is 5.26 Å². The van der Waals surface area contributed by atoms with Crippen molar-refractivity contribution in [3.8, 4) is 17.3 Å². The summed E-state index contributed by atoms with van der Waals surface area (Å²) in [5.41, 5.74) is 4.48. The zero-order valence-corrected chi connectivity index (χ0v) is 11.8. The van der Waals surface area contributed by atoms with E-state index in [-0.39, 0.29) is 0 Å². The van der Waals surface area contributed by atoms with Crippen LogP contribution in [0.5, 0.6) is 0 Å². The highest BCUT2D eigenvalue weighted by molar-refractivity contribution is 9.10. The molecule has 4 heteroatoms. The standard InChI is InChI=1S/C15H10BrN3/c1-10-13(16)5-6-15-18-14(9-19(10)15)12-4-2-3-11(7-12)8-17/h2-7,9H,1H3. The van der Waals surface area contributed by atoms with E-state index in [1.807, 2.05) is 47.9 Å². The van der Waals surface area contributed by atoms with Gasteiger partial charge in [-0.3, -0.25) is 0 Å². The van der Waals surface area contributed by atoms with E-state index >= 15 is 0 Å². The van der Waals surface area contributed by atoms with Crippen molar-refractivity contribution in [2.24, 2.45) is 0 Å². The Bertz CT molecular complexity index is 812. The third kappa shape index (κ3) is 2.02. The summed E-state index contributed by atoms with van der Waals surface area (Å²) in [6.45, 7) is 2.04. The van der Waals surface area contributed by atoms with Crippen LogP contribution < -0.4 is 0 Å². The van der Waals surface area contributed by atoms with Gasteiger partial charge < -0.3 is 4.40 Å². The Kier molecular flexibility index (Phi) is 2.84. The van der Waals surface area contributed by atoms with Crippen LogP contribution in [0.2, 0.25) is 0 Å². The Hall–Kier alpha value is -2.12. The molecule has 2 aromatic heterocycles. The number of benzene rings is 1. The first-order valence-corrected chi connectivity index (χ1v) is 6.63. The monoisotopic (exact) mass is 311 g/mol. The normalized spacial score (nSPS) is 10.6. The number of imidazole rings is 1. The van der Waals surface area contributed by atoms with Gasteiger partial charge in [-0.25, -0.2) is 4.98 Å². The molecule has 0 saturated carbocycles. The van der Waals surface area contributed by atoms with Crippen LogP contribution in [-0.4, -0.2) is 9.38 Å². The van der Waals surface area contributed by atoms with Crippen molar-refractivity contribution in [2.75, 3.05) is 0 Å². The first-order chi connectivity index (χ1) is 9.19. The minimum atomic E-state index is 0.646. The highest BCUT2D eigenvalue weighted by Crippen LogP contribution is 2.23. The fourth-order valence-corrected chi connectivity index (χ4v) is 2.37. The van der Waals surface area contributed by atoms with Gasteiger partial charge in [-0.2, -0.15) is 5.26 Å². The van der Waals surface area contributed by atoms with Gasteiger partial charge in [0.25, 0.3) is 0 Å². The van der Waals surface area contributed by atoms with Gasteiger partial charge in [-0.15, -0.1) is 0 Å². The summed E-state index contributed by atoms with van der Waals surface area (Å²) >= 11 is 3.51. The number of aromatic nitrogens is 2. The summed E-state index contributed by atoms with van der Waals surface area (Å²) in [7, 11) is 0. The molecule has 19 heavy (non-hydrogen) atoms. The van der Waals surface area contributed by atoms with Gasteiger partial charge >= 0.3 is 0 Å². The number of nitrogens with zero attached hydrogens (tertiary/aromatic N) is 3. The fraction of sp³-hybridized carbons (Fsp3) is 0.0667. The molecule has 0 spiro atoms. The average molecular weight is 312 g/mol. The molecule has 3 nitrogen and oxygen atoms in total. The van der Waals surface area contributed by atoms with Gasteiger partial charge in [0.1, 0.15) is 5.65 Å². The maximum atomic E-state index is 8.95. The first-order valence-electron chi connectivity index (χ1n) is 5.84. The van der Waals surface area contributed by atoms with Gasteiger partial charge in [0.2, 0.25) is 0 Å². The number of hydrogen-bond donors (Lipinski definition) is 0. The Balaban J connectivity index is 2.21. The minimum Gasteiger partial charge on any atom is -0.303 e. The first kappa shape index (κ1) is 11.9. The molecule has 0 saturated heterocycles. The largest absolute Gasteiger partial charge is 0.303 e. The molecule has 0 fully saturated rings. The molecule has 0 radical (unpaired) electrons. The molecule has 0 bridgehead atoms. The Morgan fingerprint density at radius 2 is 2.11 bits per heavy atom. The van der Waals surface area contributed by atoms with E-state index in [0.29, 0.717) is 5.56 Å². The van der Waals surface area contributed by atoms with Crippen molar-refractivity contribution in [2.45, 2.75) is 6.92 Å². The van der Waals surface area contributed by atoms with Gasteiger partial charge in [0, 0.05) is 21.9 Å². The average Bonchev–Trinajstić information content (AvgIpc) is 2.88. The molecule has 0 N–H and O–H groups in total. The van der Waals surface area contributed by atoms with Crippen LogP contribution in [-0.2, 0) is 0 Å². The summed E-state index contributed by atoms with van der Waals surface area (Å²) in [6, 6.07) is 13.6. The lowest BCUT2D eigenvalue weighted by molar-refractivity contribution is 1.08. The van der Waals surface area contributed by atoms with Crippen LogP contribution in [0.15, 0.2) is 47.1 Å². The molecule has 0 aliphatic carbocycles. The molecular formula is C15H10BrN3. The van der Waals surface area contributed by atoms with Crippen LogP contribution in [0, 0.1) is 18.3 Å². The molecule has 2 heterocycles. The predicted molar refractivity (Wildman–Crippen MR) is 77.8 cm³/mol. The van der Waals surface area contributed by atoms with E-state index in [9.17, 15) is 0 Å². The minimum absolute atomic E-state index is 0.646. The number of rotatable bonds is 1. The fourth-order valence-electron chi connectivity index (χ4n) is 2.05. The molecule has 0 aliphatic rings. The lowest BCUT2D eigenvalue weighted by atomic mass is 10.1. The van der Waals surface area contributed by atoms with E-state index in [0.717, 1.165) is 27.1 Å². The molecule has 3 rings (SSSR count). The molecule has 0 unspecified atom stereocenters. The van der Waals surface area contributed by atoms with Crippen molar-refractivity contribution < 1.29 is 0 Å². The predicted octanol–water partition coefficient (Wildman–Crippen LogP) is 3.94. The van der Waals surface area contributed by atoms with E-state index in [1.54, 1.807) is 6.07 Å². The number of fused-ring (bicyclic) bond motifs is 1. The molecule has 92 valence electrons. The third-order valence-corrected chi connectivity index (χ3v) is 3.94. The molecule has 1 aromatic carbocycles. The second kappa shape index (κ2) is 4.52. The van der Waals surface area contributed by atoms with Gasteiger partial charge in [0.05, 0.1) is 17.3 Å². The van der Waals surface area contributed by atoms with Crippen LogP contribution in [0.1, 0.15) is 11.3 Å². The highest BCUT2D eigenvalue weighted by atomic mass is 79.9. The van der Waals surface area contributed by atoms with Crippen molar-refractivity contribution in [3.63, 3.8) is 0 Å². The van der Waals surface area contributed by atoms with Gasteiger partial charge in [-0.05, 0) is 47.1 Å². The Morgan fingerprint density at radius 1 is 1.26 bits per heavy atom. The maximum Gasteiger partial charge on any atom is 0.137 e. The SMILES string of the molecule is Cc1c(Br)ccc2nc(-c3cccc(C#N)c3)cn12. The summed E-state index contributed by atoms with van der Waals surface area (Å²) in [4.78, 5) is 4.59. The summed E-state index contributed by atoms with van der Waals surface area (Å²) in [6.07, 6.45) is 1.99. The molecule has 0 atom stereocenters. The van der Waals surface area contributed by atoms with Crippen molar-refractivity contribution in [1.82, 2.24) is 9.38 Å². The zero-order chi connectivity index (χ0) is 13.4. The number of nitriles is 1. The zero-order valence-electron chi connectivity index (χ0n) is 10.3. The third-order valence-electron chi connectivity index (χ3n) is 3.11. The second-order valence-electron chi connectivity index (χ2n) is 4.31. The van der Waals surface area contributed by atoms with Crippen LogP contribution in [0.4, 0.5) is 0 Å². The van der Waals surface area contributed by atoms with Gasteiger partial charge in [0.15, 0.2) is 0 Å². The molecule has 3 aromatic rings. The smallest absolute Gasteiger partial charge is 0.137 e.